The van der Waals surface area contributed by atoms with Crippen molar-refractivity contribution in [3.8, 4) is 0 Å². The molecular formula is C10H15N3O3. The first-order valence-electron chi connectivity index (χ1n) is 4.82. The fourth-order valence-electron chi connectivity index (χ4n) is 1.38. The Kier molecular flexibility index (Phi) is 3.78. The lowest BCUT2D eigenvalue weighted by atomic mass is 10.1. The number of aryl methyl sites for hydroxylation is 2. The molecule has 0 spiro atoms. The van der Waals surface area contributed by atoms with E-state index >= 15 is 0 Å². The number of amides is 1. The predicted octanol–water partition coefficient (Wildman–Crippen LogP) is -0.0510. The molecule has 0 aliphatic carbocycles. The van der Waals surface area contributed by atoms with Crippen LogP contribution >= 0.6 is 0 Å². The van der Waals surface area contributed by atoms with Crippen molar-refractivity contribution < 1.29 is 9.63 Å². The number of rotatable bonds is 3. The highest BCUT2D eigenvalue weighted by Crippen LogP contribution is 2.08. The van der Waals surface area contributed by atoms with E-state index in [1.807, 2.05) is 0 Å². The van der Waals surface area contributed by atoms with E-state index in [1.165, 1.54) is 14.2 Å². The molecule has 0 saturated carbocycles. The van der Waals surface area contributed by atoms with Crippen molar-refractivity contribution in [3.63, 3.8) is 0 Å². The number of nitrogens with zero attached hydrogens (tertiary/aromatic N) is 2. The zero-order valence-corrected chi connectivity index (χ0v) is 9.83. The molecule has 16 heavy (non-hydrogen) atoms. The summed E-state index contributed by atoms with van der Waals surface area (Å²) in [5.41, 5.74) is 1.56. The SMILES string of the molecule is CON(C)C(=O)Cc1c(C)nc(=O)[nH]c1C. The largest absolute Gasteiger partial charge is 0.345 e. The van der Waals surface area contributed by atoms with Crippen molar-refractivity contribution in [2.75, 3.05) is 14.2 Å². The Balaban J connectivity index is 2.98. The molecule has 0 fully saturated rings. The van der Waals surface area contributed by atoms with Crippen molar-refractivity contribution in [1.29, 1.82) is 0 Å². The summed E-state index contributed by atoms with van der Waals surface area (Å²) >= 11 is 0. The summed E-state index contributed by atoms with van der Waals surface area (Å²) in [6, 6.07) is 0. The van der Waals surface area contributed by atoms with Gasteiger partial charge in [0.25, 0.3) is 0 Å². The predicted molar refractivity (Wildman–Crippen MR) is 57.8 cm³/mol. The van der Waals surface area contributed by atoms with Gasteiger partial charge in [-0.1, -0.05) is 0 Å². The lowest BCUT2D eigenvalue weighted by Gasteiger charge is -2.14. The first-order chi connectivity index (χ1) is 7.45. The third kappa shape index (κ3) is 2.66. The maximum Gasteiger partial charge on any atom is 0.345 e. The van der Waals surface area contributed by atoms with Gasteiger partial charge < -0.3 is 4.98 Å². The van der Waals surface area contributed by atoms with E-state index in [1.54, 1.807) is 13.8 Å². The molecule has 1 aromatic rings. The van der Waals surface area contributed by atoms with Crippen molar-refractivity contribution in [3.05, 3.63) is 27.4 Å². The van der Waals surface area contributed by atoms with Crippen molar-refractivity contribution >= 4 is 5.91 Å². The minimum atomic E-state index is -0.397. The number of hydroxylamine groups is 2. The van der Waals surface area contributed by atoms with Crippen LogP contribution in [0.2, 0.25) is 0 Å². The highest BCUT2D eigenvalue weighted by molar-refractivity contribution is 5.78. The summed E-state index contributed by atoms with van der Waals surface area (Å²) < 4.78 is 0. The zero-order valence-electron chi connectivity index (χ0n) is 9.83. The molecule has 6 heteroatoms. The lowest BCUT2D eigenvalue weighted by Crippen LogP contribution is -2.28. The number of hydrogen-bond donors (Lipinski definition) is 1. The number of hydrogen-bond acceptors (Lipinski definition) is 4. The number of likely N-dealkylation sites (N-methyl/N-ethyl adjacent to an activating group) is 1. The quantitative estimate of drug-likeness (QED) is 0.732. The molecule has 0 aliphatic heterocycles. The fourth-order valence-corrected chi connectivity index (χ4v) is 1.38. The van der Waals surface area contributed by atoms with Crippen LogP contribution in [-0.2, 0) is 16.1 Å². The van der Waals surface area contributed by atoms with Crippen LogP contribution in [0.4, 0.5) is 0 Å². The van der Waals surface area contributed by atoms with Crippen LogP contribution in [-0.4, -0.2) is 35.1 Å². The van der Waals surface area contributed by atoms with Crippen molar-refractivity contribution in [2.45, 2.75) is 20.3 Å². The topological polar surface area (TPSA) is 75.3 Å². The van der Waals surface area contributed by atoms with Crippen LogP contribution in [0.3, 0.4) is 0 Å². The van der Waals surface area contributed by atoms with Gasteiger partial charge in [0, 0.05) is 24.0 Å². The Hall–Kier alpha value is -1.69. The minimum Gasteiger partial charge on any atom is -0.310 e. The number of aromatic amines is 1. The average Bonchev–Trinajstić information content (AvgIpc) is 2.21. The minimum absolute atomic E-state index is 0.159. The molecule has 0 unspecified atom stereocenters. The van der Waals surface area contributed by atoms with Crippen molar-refractivity contribution in [2.24, 2.45) is 0 Å². The van der Waals surface area contributed by atoms with Crippen molar-refractivity contribution in [1.82, 2.24) is 15.0 Å². The van der Waals surface area contributed by atoms with E-state index in [4.69, 9.17) is 4.84 Å². The van der Waals surface area contributed by atoms with Gasteiger partial charge in [0.05, 0.1) is 13.5 Å². The third-order valence-corrected chi connectivity index (χ3v) is 2.41. The van der Waals surface area contributed by atoms with Gasteiger partial charge in [-0.3, -0.25) is 9.63 Å². The summed E-state index contributed by atoms with van der Waals surface area (Å²) in [4.78, 5) is 33.8. The molecule has 0 aliphatic rings. The Morgan fingerprint density at radius 1 is 1.50 bits per heavy atom. The number of nitrogens with one attached hydrogen (secondary N) is 1. The molecular weight excluding hydrogens is 210 g/mol. The summed E-state index contributed by atoms with van der Waals surface area (Å²) in [7, 11) is 2.95. The summed E-state index contributed by atoms with van der Waals surface area (Å²) in [5.74, 6) is -0.192. The Bertz CT molecular complexity index is 427. The van der Waals surface area contributed by atoms with Gasteiger partial charge in [-0.05, 0) is 13.8 Å². The Morgan fingerprint density at radius 3 is 2.62 bits per heavy atom. The molecule has 1 heterocycles. The van der Waals surface area contributed by atoms with Gasteiger partial charge in [0.15, 0.2) is 0 Å². The Labute approximate surface area is 93.2 Å². The normalized spacial score (nSPS) is 10.2. The van der Waals surface area contributed by atoms with Gasteiger partial charge in [-0.15, -0.1) is 0 Å². The molecule has 0 atom stereocenters. The van der Waals surface area contributed by atoms with Crippen LogP contribution < -0.4 is 5.69 Å². The van der Waals surface area contributed by atoms with Gasteiger partial charge in [-0.2, -0.15) is 4.98 Å². The average molecular weight is 225 g/mol. The molecule has 1 aromatic heterocycles. The molecule has 0 aromatic carbocycles. The first kappa shape index (κ1) is 12.4. The maximum absolute atomic E-state index is 11.6. The molecule has 0 radical (unpaired) electrons. The van der Waals surface area contributed by atoms with Crippen LogP contribution in [0.15, 0.2) is 4.79 Å². The third-order valence-electron chi connectivity index (χ3n) is 2.41. The van der Waals surface area contributed by atoms with Crippen LogP contribution in [0.25, 0.3) is 0 Å². The van der Waals surface area contributed by atoms with Gasteiger partial charge in [0.1, 0.15) is 0 Å². The summed E-state index contributed by atoms with van der Waals surface area (Å²) in [6.07, 6.45) is 0.159. The maximum atomic E-state index is 11.6. The lowest BCUT2D eigenvalue weighted by molar-refractivity contribution is -0.167. The van der Waals surface area contributed by atoms with E-state index in [0.717, 1.165) is 10.6 Å². The van der Waals surface area contributed by atoms with E-state index < -0.39 is 5.69 Å². The second kappa shape index (κ2) is 4.89. The zero-order chi connectivity index (χ0) is 12.3. The van der Waals surface area contributed by atoms with Gasteiger partial charge in [-0.25, -0.2) is 9.86 Å². The number of aromatic nitrogens is 2. The van der Waals surface area contributed by atoms with Crippen LogP contribution in [0.5, 0.6) is 0 Å². The highest BCUT2D eigenvalue weighted by atomic mass is 16.7. The summed E-state index contributed by atoms with van der Waals surface area (Å²) in [6.45, 7) is 3.45. The molecule has 88 valence electrons. The second-order valence-electron chi connectivity index (χ2n) is 3.48. The molecule has 1 rings (SSSR count). The monoisotopic (exact) mass is 225 g/mol. The Morgan fingerprint density at radius 2 is 2.12 bits per heavy atom. The summed E-state index contributed by atoms with van der Waals surface area (Å²) in [5, 5.41) is 1.14. The molecule has 0 bridgehead atoms. The van der Waals surface area contributed by atoms with E-state index in [0.29, 0.717) is 11.4 Å². The van der Waals surface area contributed by atoms with Gasteiger partial charge in [0.2, 0.25) is 5.91 Å². The number of carbonyl (C=O) groups excluding carboxylic acids is 1. The van der Waals surface area contributed by atoms with Gasteiger partial charge >= 0.3 is 5.69 Å². The first-order valence-corrected chi connectivity index (χ1v) is 4.82. The highest BCUT2D eigenvalue weighted by Gasteiger charge is 2.14. The number of carbonyl (C=O) groups is 1. The van der Waals surface area contributed by atoms with E-state index in [2.05, 4.69) is 9.97 Å². The molecule has 1 amide bonds. The van der Waals surface area contributed by atoms with E-state index in [9.17, 15) is 9.59 Å². The smallest absolute Gasteiger partial charge is 0.310 e. The fraction of sp³-hybridized carbons (Fsp3) is 0.500. The van der Waals surface area contributed by atoms with Crippen LogP contribution in [0.1, 0.15) is 17.0 Å². The van der Waals surface area contributed by atoms with Crippen LogP contribution in [0, 0.1) is 13.8 Å². The standard InChI is InChI=1S/C10H15N3O3/c1-6-8(5-9(14)13(3)16-4)7(2)12-10(15)11-6/h5H2,1-4H3,(H,11,12,15). The molecule has 1 N–H and O–H groups in total. The molecule has 6 nitrogen and oxygen atoms in total. The second-order valence-corrected chi connectivity index (χ2v) is 3.48. The van der Waals surface area contributed by atoms with E-state index in [-0.39, 0.29) is 12.3 Å². The number of H-pyrrole nitrogens is 1. The molecule has 0 saturated heterocycles.